The van der Waals surface area contributed by atoms with Crippen LogP contribution < -0.4 is 0 Å². The summed E-state index contributed by atoms with van der Waals surface area (Å²) in [5, 5.41) is 0. The van der Waals surface area contributed by atoms with E-state index in [-0.39, 0.29) is 23.6 Å². The topological polar surface area (TPSA) is 36.0 Å². The van der Waals surface area contributed by atoms with Gasteiger partial charge in [0.05, 0.1) is 13.2 Å². The van der Waals surface area contributed by atoms with Crippen molar-refractivity contribution in [3.63, 3.8) is 0 Å². The first-order valence-corrected chi connectivity index (χ1v) is 11.4. The van der Waals surface area contributed by atoms with E-state index in [4.69, 9.17) is 4.74 Å². The van der Waals surface area contributed by atoms with Crippen LogP contribution in [-0.4, -0.2) is 79.8 Å². The Balaban J connectivity index is 1.29. The lowest BCUT2D eigenvalue weighted by Gasteiger charge is -2.38. The molecule has 2 aliphatic heterocycles. The molecule has 32 heavy (non-hydrogen) atoms. The maximum atomic E-state index is 13.4. The van der Waals surface area contributed by atoms with Crippen LogP contribution in [0.2, 0.25) is 0 Å². The van der Waals surface area contributed by atoms with Gasteiger partial charge in [0.1, 0.15) is 11.6 Å². The Labute approximate surface area is 188 Å². The number of piperazine rings is 1. The van der Waals surface area contributed by atoms with Crippen LogP contribution in [0.3, 0.4) is 0 Å². The number of urea groups is 1. The van der Waals surface area contributed by atoms with E-state index in [1.165, 1.54) is 24.3 Å². The first-order chi connectivity index (χ1) is 15.6. The zero-order valence-electron chi connectivity index (χ0n) is 18.4. The van der Waals surface area contributed by atoms with Crippen molar-refractivity contribution in [2.24, 2.45) is 0 Å². The highest BCUT2D eigenvalue weighted by molar-refractivity contribution is 5.74. The number of carbonyl (C=O) groups excluding carboxylic acids is 1. The smallest absolute Gasteiger partial charge is 0.320 e. The summed E-state index contributed by atoms with van der Waals surface area (Å²) >= 11 is 0. The molecule has 7 heteroatoms. The van der Waals surface area contributed by atoms with Gasteiger partial charge in [-0.05, 0) is 54.8 Å². The number of carbonyl (C=O) groups is 1. The van der Waals surface area contributed by atoms with Crippen molar-refractivity contribution < 1.29 is 18.3 Å². The molecule has 0 aromatic heterocycles. The highest BCUT2D eigenvalue weighted by Crippen LogP contribution is 2.30. The quantitative estimate of drug-likeness (QED) is 0.679. The number of hydrogen-bond donors (Lipinski definition) is 0. The van der Waals surface area contributed by atoms with Crippen LogP contribution in [0.15, 0.2) is 48.5 Å². The number of nitrogens with zero attached hydrogens (tertiary/aromatic N) is 3. The molecule has 2 saturated heterocycles. The van der Waals surface area contributed by atoms with E-state index in [0.29, 0.717) is 26.3 Å². The van der Waals surface area contributed by atoms with Gasteiger partial charge in [0, 0.05) is 45.2 Å². The number of rotatable bonds is 6. The van der Waals surface area contributed by atoms with Crippen molar-refractivity contribution >= 4 is 6.03 Å². The Morgan fingerprint density at radius 2 is 1.28 bits per heavy atom. The van der Waals surface area contributed by atoms with Crippen molar-refractivity contribution in [2.45, 2.75) is 18.8 Å². The van der Waals surface area contributed by atoms with Gasteiger partial charge in [-0.25, -0.2) is 13.6 Å². The lowest BCUT2D eigenvalue weighted by atomic mass is 9.87. The summed E-state index contributed by atoms with van der Waals surface area (Å²) in [7, 11) is 0. The second kappa shape index (κ2) is 10.9. The molecule has 0 radical (unpaired) electrons. The van der Waals surface area contributed by atoms with Crippen LogP contribution >= 0.6 is 0 Å². The Bertz CT molecular complexity index is 816. The molecule has 172 valence electrons. The molecule has 0 atom stereocenters. The molecular weight excluding hydrogens is 412 g/mol. The van der Waals surface area contributed by atoms with Crippen molar-refractivity contribution in [2.75, 3.05) is 59.0 Å². The summed E-state index contributed by atoms with van der Waals surface area (Å²) in [5.74, 6) is -0.410. The highest BCUT2D eigenvalue weighted by Gasteiger charge is 2.26. The normalized spacial score (nSPS) is 17.7. The molecule has 2 aromatic rings. The molecule has 2 fully saturated rings. The Kier molecular flexibility index (Phi) is 7.71. The minimum atomic E-state index is -0.254. The van der Waals surface area contributed by atoms with Crippen molar-refractivity contribution in [1.29, 1.82) is 0 Å². The zero-order chi connectivity index (χ0) is 22.3. The SMILES string of the molecule is O=C(N1CCOCC1)N1CCN(CCCC(c2ccc(F)cc2)c2ccc(F)cc2)CC1. The number of hydrogen-bond acceptors (Lipinski definition) is 3. The van der Waals surface area contributed by atoms with Crippen molar-refractivity contribution in [3.05, 3.63) is 71.3 Å². The van der Waals surface area contributed by atoms with Crippen LogP contribution in [0.5, 0.6) is 0 Å². The van der Waals surface area contributed by atoms with Crippen LogP contribution in [0.4, 0.5) is 13.6 Å². The monoisotopic (exact) mass is 443 g/mol. The summed E-state index contributed by atoms with van der Waals surface area (Å²) in [6.07, 6.45) is 1.86. The molecule has 2 amide bonds. The van der Waals surface area contributed by atoms with E-state index in [1.54, 1.807) is 0 Å². The summed E-state index contributed by atoms with van der Waals surface area (Å²) < 4.78 is 32.2. The predicted octanol–water partition coefficient (Wildman–Crippen LogP) is 3.95. The molecule has 0 spiro atoms. The average molecular weight is 444 g/mol. The highest BCUT2D eigenvalue weighted by atomic mass is 19.1. The molecular formula is C25H31F2N3O2. The fourth-order valence-corrected chi connectivity index (χ4v) is 4.55. The number of amides is 2. The zero-order valence-corrected chi connectivity index (χ0v) is 18.4. The molecule has 0 aliphatic carbocycles. The lowest BCUT2D eigenvalue weighted by molar-refractivity contribution is 0.0376. The molecule has 4 rings (SSSR count). The van der Waals surface area contributed by atoms with E-state index in [9.17, 15) is 13.6 Å². The third kappa shape index (κ3) is 5.84. The van der Waals surface area contributed by atoms with Gasteiger partial charge in [-0.15, -0.1) is 0 Å². The largest absolute Gasteiger partial charge is 0.378 e. The molecule has 0 saturated carbocycles. The van der Waals surface area contributed by atoms with Gasteiger partial charge in [-0.3, -0.25) is 4.90 Å². The van der Waals surface area contributed by atoms with Gasteiger partial charge < -0.3 is 14.5 Å². The Hall–Kier alpha value is -2.51. The third-order valence-corrected chi connectivity index (χ3v) is 6.44. The number of benzene rings is 2. The molecule has 2 aliphatic rings. The van der Waals surface area contributed by atoms with E-state index in [2.05, 4.69) is 4.90 Å². The fourth-order valence-electron chi connectivity index (χ4n) is 4.55. The van der Waals surface area contributed by atoms with Crippen molar-refractivity contribution in [3.8, 4) is 0 Å². The van der Waals surface area contributed by atoms with Gasteiger partial charge >= 0.3 is 6.03 Å². The first kappa shape index (κ1) is 22.7. The van der Waals surface area contributed by atoms with E-state index >= 15 is 0 Å². The lowest BCUT2D eigenvalue weighted by Crippen LogP contribution is -2.54. The second-order valence-corrected chi connectivity index (χ2v) is 8.51. The average Bonchev–Trinajstić information content (AvgIpc) is 2.84. The number of halogens is 2. The molecule has 5 nitrogen and oxygen atoms in total. The van der Waals surface area contributed by atoms with E-state index in [1.807, 2.05) is 34.1 Å². The summed E-state index contributed by atoms with van der Waals surface area (Å²) in [4.78, 5) is 18.9. The molecule has 0 N–H and O–H groups in total. The fraction of sp³-hybridized carbons (Fsp3) is 0.480. The van der Waals surface area contributed by atoms with Crippen LogP contribution in [0, 0.1) is 11.6 Å². The van der Waals surface area contributed by atoms with Gasteiger partial charge in [-0.1, -0.05) is 24.3 Å². The van der Waals surface area contributed by atoms with Gasteiger partial charge in [0.25, 0.3) is 0 Å². The van der Waals surface area contributed by atoms with E-state index < -0.39 is 0 Å². The first-order valence-electron chi connectivity index (χ1n) is 11.4. The van der Waals surface area contributed by atoms with Gasteiger partial charge in [-0.2, -0.15) is 0 Å². The minimum Gasteiger partial charge on any atom is -0.378 e. The predicted molar refractivity (Wildman–Crippen MR) is 120 cm³/mol. The Morgan fingerprint density at radius 1 is 0.781 bits per heavy atom. The maximum Gasteiger partial charge on any atom is 0.320 e. The van der Waals surface area contributed by atoms with Crippen LogP contribution in [0.25, 0.3) is 0 Å². The Morgan fingerprint density at radius 3 is 1.81 bits per heavy atom. The number of ether oxygens (including phenoxy) is 1. The summed E-state index contributed by atoms with van der Waals surface area (Å²) in [5.41, 5.74) is 2.08. The molecule has 0 bridgehead atoms. The summed E-state index contributed by atoms with van der Waals surface area (Å²) in [6, 6.07) is 13.3. The standard InChI is InChI=1S/C25H31F2N3O2/c26-22-7-3-20(4-8-22)24(21-5-9-23(27)10-6-21)2-1-11-28-12-14-29(15-13-28)25(31)30-16-18-32-19-17-30/h3-10,24H,1-2,11-19H2. The van der Waals surface area contributed by atoms with Gasteiger partial charge in [0.2, 0.25) is 0 Å². The molecule has 2 aromatic carbocycles. The van der Waals surface area contributed by atoms with Gasteiger partial charge in [0.15, 0.2) is 0 Å². The van der Waals surface area contributed by atoms with Crippen LogP contribution in [-0.2, 0) is 4.74 Å². The number of morpholine rings is 1. The minimum absolute atomic E-state index is 0.0976. The third-order valence-electron chi connectivity index (χ3n) is 6.44. The van der Waals surface area contributed by atoms with Crippen LogP contribution in [0.1, 0.15) is 29.9 Å². The molecule has 2 heterocycles. The van der Waals surface area contributed by atoms with E-state index in [0.717, 1.165) is 56.7 Å². The maximum absolute atomic E-state index is 13.4. The molecule has 0 unspecified atom stereocenters. The van der Waals surface area contributed by atoms with Crippen molar-refractivity contribution in [1.82, 2.24) is 14.7 Å². The summed E-state index contributed by atoms with van der Waals surface area (Å²) in [6.45, 7) is 6.76. The second-order valence-electron chi connectivity index (χ2n) is 8.51.